The standard InChI is InChI=1S/C20H23BrO10/c1-10(22)26-9-16-17(27-11(2)23)18(28-12(3)24)19(29-13(4)25)20(31-16)30-15-7-5-14(21)6-8-15/h5-8,16-20H,9H2,1-4H3/t16-,17-,18+,19+,20+/m1/s1. The minimum Gasteiger partial charge on any atom is -0.463 e. The Bertz CT molecular complexity index is 809. The number of halogens is 1. The van der Waals surface area contributed by atoms with Gasteiger partial charge in [-0.25, -0.2) is 0 Å². The Morgan fingerprint density at radius 1 is 0.806 bits per heavy atom. The molecule has 0 N–H and O–H groups in total. The summed E-state index contributed by atoms with van der Waals surface area (Å²) < 4.78 is 33.5. The van der Waals surface area contributed by atoms with E-state index in [1.165, 1.54) is 6.92 Å². The molecule has 1 heterocycles. The molecule has 1 fully saturated rings. The number of carbonyl (C=O) groups is 4. The molecule has 1 aromatic rings. The first kappa shape index (κ1) is 24.6. The molecule has 0 saturated carbocycles. The molecule has 31 heavy (non-hydrogen) atoms. The Labute approximate surface area is 187 Å². The van der Waals surface area contributed by atoms with Gasteiger partial charge in [-0.1, -0.05) is 15.9 Å². The van der Waals surface area contributed by atoms with Crippen LogP contribution in [0.2, 0.25) is 0 Å². The molecule has 1 aromatic carbocycles. The number of ether oxygens (including phenoxy) is 6. The third kappa shape index (κ3) is 7.51. The fraction of sp³-hybridized carbons (Fsp3) is 0.500. The van der Waals surface area contributed by atoms with Gasteiger partial charge >= 0.3 is 23.9 Å². The monoisotopic (exact) mass is 502 g/mol. The number of benzene rings is 1. The zero-order valence-corrected chi connectivity index (χ0v) is 18.9. The van der Waals surface area contributed by atoms with Gasteiger partial charge in [0.05, 0.1) is 0 Å². The van der Waals surface area contributed by atoms with Crippen LogP contribution >= 0.6 is 15.9 Å². The molecule has 10 nitrogen and oxygen atoms in total. The van der Waals surface area contributed by atoms with Gasteiger partial charge in [0.15, 0.2) is 12.2 Å². The zero-order chi connectivity index (χ0) is 23.1. The Morgan fingerprint density at radius 2 is 1.32 bits per heavy atom. The normalized spacial score (nSPS) is 25.1. The molecule has 0 aromatic heterocycles. The van der Waals surface area contributed by atoms with E-state index >= 15 is 0 Å². The van der Waals surface area contributed by atoms with Gasteiger partial charge in [-0.2, -0.15) is 0 Å². The molecule has 0 unspecified atom stereocenters. The summed E-state index contributed by atoms with van der Waals surface area (Å²) in [6.45, 7) is 4.34. The molecule has 11 heteroatoms. The van der Waals surface area contributed by atoms with Crippen molar-refractivity contribution in [3.8, 4) is 5.75 Å². The number of hydrogen-bond acceptors (Lipinski definition) is 10. The van der Waals surface area contributed by atoms with Crippen molar-refractivity contribution in [1.29, 1.82) is 0 Å². The molecule has 0 amide bonds. The van der Waals surface area contributed by atoms with Crippen molar-refractivity contribution in [2.75, 3.05) is 6.61 Å². The van der Waals surface area contributed by atoms with Gasteiger partial charge in [-0.05, 0) is 24.3 Å². The highest BCUT2D eigenvalue weighted by Crippen LogP contribution is 2.31. The van der Waals surface area contributed by atoms with Crippen LogP contribution in [0.15, 0.2) is 28.7 Å². The van der Waals surface area contributed by atoms with E-state index in [2.05, 4.69) is 15.9 Å². The smallest absolute Gasteiger partial charge is 0.303 e. The summed E-state index contributed by atoms with van der Waals surface area (Å²) in [4.78, 5) is 46.5. The van der Waals surface area contributed by atoms with Crippen LogP contribution in [0.3, 0.4) is 0 Å². The van der Waals surface area contributed by atoms with Crippen molar-refractivity contribution >= 4 is 39.8 Å². The maximum Gasteiger partial charge on any atom is 0.303 e. The van der Waals surface area contributed by atoms with Crippen molar-refractivity contribution in [3.05, 3.63) is 28.7 Å². The average Bonchev–Trinajstić information content (AvgIpc) is 2.65. The van der Waals surface area contributed by atoms with Crippen LogP contribution in [-0.4, -0.2) is 61.2 Å². The highest BCUT2D eigenvalue weighted by Gasteiger charge is 2.53. The number of rotatable bonds is 7. The van der Waals surface area contributed by atoms with Crippen LogP contribution in [0.1, 0.15) is 27.7 Å². The molecule has 0 spiro atoms. The van der Waals surface area contributed by atoms with Gasteiger partial charge in [0.2, 0.25) is 12.4 Å². The molecular formula is C20H23BrO10. The van der Waals surface area contributed by atoms with E-state index in [4.69, 9.17) is 28.4 Å². The van der Waals surface area contributed by atoms with Crippen molar-refractivity contribution in [2.24, 2.45) is 0 Å². The first-order valence-electron chi connectivity index (χ1n) is 9.29. The summed E-state index contributed by atoms with van der Waals surface area (Å²) in [6.07, 6.45) is -6.11. The van der Waals surface area contributed by atoms with Crippen LogP contribution in [0.4, 0.5) is 0 Å². The predicted octanol–water partition coefficient (Wildman–Crippen LogP) is 1.91. The zero-order valence-electron chi connectivity index (χ0n) is 17.4. The highest BCUT2D eigenvalue weighted by molar-refractivity contribution is 9.10. The second kappa shape index (κ2) is 11.1. The summed E-state index contributed by atoms with van der Waals surface area (Å²) >= 11 is 3.32. The molecule has 1 aliphatic heterocycles. The Kier molecular flexibility index (Phi) is 8.81. The van der Waals surface area contributed by atoms with E-state index in [1.54, 1.807) is 24.3 Å². The van der Waals surface area contributed by atoms with Gasteiger partial charge in [0.25, 0.3) is 0 Å². The molecule has 1 aliphatic rings. The minimum atomic E-state index is -1.28. The molecule has 1 saturated heterocycles. The maximum absolute atomic E-state index is 11.8. The Balaban J connectivity index is 2.43. The van der Waals surface area contributed by atoms with Gasteiger partial charge in [-0.3, -0.25) is 19.2 Å². The van der Waals surface area contributed by atoms with Gasteiger partial charge in [0.1, 0.15) is 18.5 Å². The topological polar surface area (TPSA) is 124 Å². The van der Waals surface area contributed by atoms with E-state index in [-0.39, 0.29) is 6.61 Å². The van der Waals surface area contributed by atoms with E-state index < -0.39 is 54.6 Å². The van der Waals surface area contributed by atoms with E-state index in [0.29, 0.717) is 5.75 Å². The summed E-state index contributed by atoms with van der Waals surface area (Å²) in [5.41, 5.74) is 0. The molecular weight excluding hydrogens is 480 g/mol. The highest BCUT2D eigenvalue weighted by atomic mass is 79.9. The van der Waals surface area contributed by atoms with E-state index in [1.807, 2.05) is 0 Å². The molecule has 0 radical (unpaired) electrons. The fourth-order valence-corrected chi connectivity index (χ4v) is 3.20. The largest absolute Gasteiger partial charge is 0.463 e. The van der Waals surface area contributed by atoms with E-state index in [9.17, 15) is 19.2 Å². The lowest BCUT2D eigenvalue weighted by atomic mass is 9.98. The SMILES string of the molecule is CC(=O)OC[C@H]1O[C@H](Oc2ccc(Br)cc2)[C@@H](OC(C)=O)[C@@H](OC(C)=O)[C@@H]1OC(C)=O. The number of esters is 4. The number of carbonyl (C=O) groups excluding carboxylic acids is 4. The lowest BCUT2D eigenvalue weighted by Crippen LogP contribution is -2.63. The van der Waals surface area contributed by atoms with Crippen LogP contribution in [0, 0.1) is 0 Å². The minimum absolute atomic E-state index is 0.321. The molecule has 0 aliphatic carbocycles. The van der Waals surface area contributed by atoms with Crippen LogP contribution in [0.25, 0.3) is 0 Å². The van der Waals surface area contributed by atoms with Crippen molar-refractivity contribution in [3.63, 3.8) is 0 Å². The predicted molar refractivity (Wildman–Crippen MR) is 107 cm³/mol. The third-order valence-corrected chi connectivity index (χ3v) is 4.54. The number of hydrogen-bond donors (Lipinski definition) is 0. The lowest BCUT2D eigenvalue weighted by molar-refractivity contribution is -0.288. The lowest BCUT2D eigenvalue weighted by Gasteiger charge is -2.43. The first-order valence-corrected chi connectivity index (χ1v) is 10.1. The molecule has 2 rings (SSSR count). The molecule has 170 valence electrons. The van der Waals surface area contributed by atoms with Crippen molar-refractivity contribution in [1.82, 2.24) is 0 Å². The van der Waals surface area contributed by atoms with Crippen LogP contribution < -0.4 is 4.74 Å². The summed E-state index contributed by atoms with van der Waals surface area (Å²) in [5, 5.41) is 0. The van der Waals surface area contributed by atoms with Gasteiger partial charge in [0, 0.05) is 32.2 Å². The fourth-order valence-electron chi connectivity index (χ4n) is 2.93. The van der Waals surface area contributed by atoms with Crippen LogP contribution in [-0.2, 0) is 42.9 Å². The summed E-state index contributed by atoms with van der Waals surface area (Å²) in [6, 6.07) is 6.72. The van der Waals surface area contributed by atoms with Gasteiger partial charge in [-0.15, -0.1) is 0 Å². The Hall–Kier alpha value is -2.66. The molecule has 0 bridgehead atoms. The van der Waals surface area contributed by atoms with Gasteiger partial charge < -0.3 is 28.4 Å². The molecule has 5 atom stereocenters. The second-order valence-electron chi connectivity index (χ2n) is 6.64. The first-order chi connectivity index (χ1) is 14.6. The second-order valence-corrected chi connectivity index (χ2v) is 7.56. The van der Waals surface area contributed by atoms with Crippen molar-refractivity contribution in [2.45, 2.75) is 58.4 Å². The Morgan fingerprint density at radius 3 is 1.84 bits per heavy atom. The quantitative estimate of drug-likeness (QED) is 0.403. The summed E-state index contributed by atoms with van der Waals surface area (Å²) in [7, 11) is 0. The average molecular weight is 503 g/mol. The summed E-state index contributed by atoms with van der Waals surface area (Å²) in [5.74, 6) is -2.34. The maximum atomic E-state index is 11.8. The van der Waals surface area contributed by atoms with Crippen molar-refractivity contribution < 1.29 is 47.6 Å². The van der Waals surface area contributed by atoms with Crippen LogP contribution in [0.5, 0.6) is 5.75 Å². The van der Waals surface area contributed by atoms with E-state index in [0.717, 1.165) is 25.2 Å². The third-order valence-electron chi connectivity index (χ3n) is 4.01.